The van der Waals surface area contributed by atoms with Crippen molar-refractivity contribution in [3.8, 4) is 0 Å². The normalized spacial score (nSPS) is 18.3. The molecule has 1 atom stereocenters. The minimum absolute atomic E-state index is 0.0815. The van der Waals surface area contributed by atoms with E-state index in [1.54, 1.807) is 0 Å². The number of carbonyl (C=O) groups excluding carboxylic acids is 2. The quantitative estimate of drug-likeness (QED) is 0.794. The maximum absolute atomic E-state index is 11.9. The first-order chi connectivity index (χ1) is 10.5. The Morgan fingerprint density at radius 3 is 2.68 bits per heavy atom. The molecule has 0 radical (unpaired) electrons. The molecular weight excluding hydrogens is 278 g/mol. The fourth-order valence-corrected chi connectivity index (χ4v) is 2.82. The van der Waals surface area contributed by atoms with Crippen LogP contribution in [0.3, 0.4) is 0 Å². The number of hydrogen-bond donors (Lipinski definition) is 3. The molecule has 3 amide bonds. The van der Waals surface area contributed by atoms with E-state index in [1.165, 1.54) is 16.7 Å². The van der Waals surface area contributed by atoms with Gasteiger partial charge in [0.15, 0.2) is 0 Å². The molecule has 1 fully saturated rings. The van der Waals surface area contributed by atoms with Gasteiger partial charge in [0.2, 0.25) is 5.91 Å². The molecule has 0 saturated carbocycles. The zero-order valence-corrected chi connectivity index (χ0v) is 13.4. The van der Waals surface area contributed by atoms with Crippen molar-refractivity contribution in [1.82, 2.24) is 16.0 Å². The Kier molecular flexibility index (Phi) is 5.81. The Balaban J connectivity index is 1.76. The Bertz CT molecular complexity index is 522. The van der Waals surface area contributed by atoms with E-state index in [1.807, 2.05) is 0 Å². The van der Waals surface area contributed by atoms with Crippen molar-refractivity contribution < 1.29 is 9.59 Å². The van der Waals surface area contributed by atoms with Crippen LogP contribution in [0.15, 0.2) is 18.2 Å². The molecular formula is C17H25N3O2. The molecule has 1 aliphatic rings. The number of rotatable bonds is 4. The zero-order valence-electron chi connectivity index (χ0n) is 13.4. The molecule has 5 nitrogen and oxygen atoms in total. The summed E-state index contributed by atoms with van der Waals surface area (Å²) in [6.45, 7) is 5.40. The third-order valence-corrected chi connectivity index (χ3v) is 3.82. The summed E-state index contributed by atoms with van der Waals surface area (Å²) in [4.78, 5) is 23.7. The first-order valence-electron chi connectivity index (χ1n) is 7.94. The number of nitrogens with one attached hydrogen (secondary N) is 3. The van der Waals surface area contributed by atoms with Gasteiger partial charge in [-0.3, -0.25) is 4.79 Å². The summed E-state index contributed by atoms with van der Waals surface area (Å²) in [5.41, 5.74) is 3.68. The van der Waals surface area contributed by atoms with Crippen LogP contribution in [0.2, 0.25) is 0 Å². The monoisotopic (exact) mass is 303 g/mol. The van der Waals surface area contributed by atoms with Gasteiger partial charge < -0.3 is 16.0 Å². The molecule has 0 bridgehead atoms. The number of hydrogen-bond acceptors (Lipinski definition) is 2. The van der Waals surface area contributed by atoms with Crippen LogP contribution in [-0.4, -0.2) is 31.1 Å². The minimum atomic E-state index is -0.413. The van der Waals surface area contributed by atoms with E-state index in [2.05, 4.69) is 48.0 Å². The molecule has 0 spiro atoms. The van der Waals surface area contributed by atoms with Crippen LogP contribution in [-0.2, 0) is 11.2 Å². The van der Waals surface area contributed by atoms with Crippen LogP contribution in [0, 0.1) is 13.8 Å². The highest BCUT2D eigenvalue weighted by Crippen LogP contribution is 2.09. The molecule has 0 aromatic heterocycles. The molecule has 1 unspecified atom stereocenters. The summed E-state index contributed by atoms with van der Waals surface area (Å²) in [7, 11) is 0. The lowest BCUT2D eigenvalue weighted by Crippen LogP contribution is -2.49. The molecule has 1 aromatic carbocycles. The Morgan fingerprint density at radius 2 is 1.95 bits per heavy atom. The van der Waals surface area contributed by atoms with Crippen LogP contribution < -0.4 is 16.0 Å². The molecule has 2 rings (SSSR count). The maximum atomic E-state index is 11.9. The van der Waals surface area contributed by atoms with Crippen molar-refractivity contribution in [3.05, 3.63) is 34.9 Å². The lowest BCUT2D eigenvalue weighted by atomic mass is 10.1. The number of aryl methyl sites for hydroxylation is 2. The predicted molar refractivity (Wildman–Crippen MR) is 86.8 cm³/mol. The van der Waals surface area contributed by atoms with Crippen molar-refractivity contribution in [2.75, 3.05) is 13.1 Å². The average molecular weight is 303 g/mol. The smallest absolute Gasteiger partial charge is 0.315 e. The van der Waals surface area contributed by atoms with Crippen LogP contribution in [0.1, 0.15) is 36.0 Å². The lowest BCUT2D eigenvalue weighted by Gasteiger charge is -2.15. The molecule has 5 heteroatoms. The van der Waals surface area contributed by atoms with Gasteiger partial charge in [0, 0.05) is 13.1 Å². The van der Waals surface area contributed by atoms with Crippen molar-refractivity contribution >= 4 is 11.9 Å². The highest BCUT2D eigenvalue weighted by atomic mass is 16.2. The second-order valence-corrected chi connectivity index (χ2v) is 5.99. The van der Waals surface area contributed by atoms with Crippen molar-refractivity contribution in [3.63, 3.8) is 0 Å². The van der Waals surface area contributed by atoms with E-state index in [4.69, 9.17) is 0 Å². The topological polar surface area (TPSA) is 70.2 Å². The molecule has 1 aromatic rings. The number of urea groups is 1. The second-order valence-electron chi connectivity index (χ2n) is 5.99. The molecule has 1 heterocycles. The van der Waals surface area contributed by atoms with Gasteiger partial charge in [-0.25, -0.2) is 4.79 Å². The van der Waals surface area contributed by atoms with Crippen molar-refractivity contribution in [2.24, 2.45) is 0 Å². The largest absolute Gasteiger partial charge is 0.354 e. The molecule has 1 aliphatic heterocycles. The Morgan fingerprint density at radius 1 is 1.23 bits per heavy atom. The predicted octanol–water partition coefficient (Wildman–Crippen LogP) is 1.81. The number of carbonyl (C=O) groups is 2. The summed E-state index contributed by atoms with van der Waals surface area (Å²) in [6, 6.07) is 5.71. The van der Waals surface area contributed by atoms with Gasteiger partial charge in [0.05, 0.1) is 0 Å². The van der Waals surface area contributed by atoms with Gasteiger partial charge in [-0.1, -0.05) is 29.3 Å². The molecule has 0 aliphatic carbocycles. The van der Waals surface area contributed by atoms with Gasteiger partial charge in [-0.05, 0) is 45.1 Å². The maximum Gasteiger partial charge on any atom is 0.315 e. The average Bonchev–Trinajstić information content (AvgIpc) is 2.63. The minimum Gasteiger partial charge on any atom is -0.354 e. The highest BCUT2D eigenvalue weighted by molar-refractivity contribution is 5.87. The van der Waals surface area contributed by atoms with E-state index in [0.29, 0.717) is 19.5 Å². The highest BCUT2D eigenvalue weighted by Gasteiger charge is 2.21. The lowest BCUT2D eigenvalue weighted by molar-refractivity contribution is -0.122. The first kappa shape index (κ1) is 16.3. The van der Waals surface area contributed by atoms with E-state index in [0.717, 1.165) is 19.3 Å². The molecule has 1 saturated heterocycles. The van der Waals surface area contributed by atoms with E-state index >= 15 is 0 Å². The summed E-state index contributed by atoms with van der Waals surface area (Å²) in [5, 5.41) is 8.40. The van der Waals surface area contributed by atoms with Crippen molar-refractivity contribution in [2.45, 2.75) is 45.6 Å². The summed E-state index contributed by atoms with van der Waals surface area (Å²) < 4.78 is 0. The molecule has 3 N–H and O–H groups in total. The first-order valence-corrected chi connectivity index (χ1v) is 7.94. The number of benzene rings is 1. The number of amides is 3. The Labute approximate surface area is 131 Å². The van der Waals surface area contributed by atoms with Crippen LogP contribution >= 0.6 is 0 Å². The zero-order chi connectivity index (χ0) is 15.9. The Hall–Kier alpha value is -2.04. The van der Waals surface area contributed by atoms with Gasteiger partial charge >= 0.3 is 6.03 Å². The fraction of sp³-hybridized carbons (Fsp3) is 0.529. The molecule has 120 valence electrons. The van der Waals surface area contributed by atoms with Gasteiger partial charge in [0.1, 0.15) is 6.04 Å². The van der Waals surface area contributed by atoms with Crippen LogP contribution in [0.5, 0.6) is 0 Å². The van der Waals surface area contributed by atoms with Gasteiger partial charge in [0.25, 0.3) is 0 Å². The third-order valence-electron chi connectivity index (χ3n) is 3.82. The van der Waals surface area contributed by atoms with E-state index in [9.17, 15) is 9.59 Å². The van der Waals surface area contributed by atoms with Gasteiger partial charge in [-0.15, -0.1) is 0 Å². The molecule has 22 heavy (non-hydrogen) atoms. The summed E-state index contributed by atoms with van der Waals surface area (Å²) in [6.07, 6.45) is 3.41. The second kappa shape index (κ2) is 7.82. The third kappa shape index (κ3) is 5.06. The van der Waals surface area contributed by atoms with E-state index in [-0.39, 0.29) is 11.9 Å². The summed E-state index contributed by atoms with van der Waals surface area (Å²) in [5.74, 6) is -0.0815. The van der Waals surface area contributed by atoms with Crippen LogP contribution in [0.25, 0.3) is 0 Å². The van der Waals surface area contributed by atoms with Crippen LogP contribution in [0.4, 0.5) is 4.79 Å². The van der Waals surface area contributed by atoms with E-state index < -0.39 is 6.04 Å². The SMILES string of the molecule is Cc1cc(C)cc(CCNC(=O)NC2CCCCNC2=O)c1. The fourth-order valence-electron chi connectivity index (χ4n) is 2.82. The van der Waals surface area contributed by atoms with Gasteiger partial charge in [-0.2, -0.15) is 0 Å². The van der Waals surface area contributed by atoms with Crippen molar-refractivity contribution in [1.29, 1.82) is 0 Å². The standard InChI is InChI=1S/C17H25N3O2/c1-12-9-13(2)11-14(10-12)6-8-19-17(22)20-15-5-3-4-7-18-16(15)21/h9-11,15H,3-8H2,1-2H3,(H,18,21)(H2,19,20,22). The summed E-state index contributed by atoms with van der Waals surface area (Å²) >= 11 is 0.